The van der Waals surface area contributed by atoms with Crippen LogP contribution in [0.5, 0.6) is 0 Å². The molecule has 9 heavy (non-hydrogen) atoms. The van der Waals surface area contributed by atoms with Gasteiger partial charge in [0.05, 0.1) is 5.56 Å². The van der Waals surface area contributed by atoms with Gasteiger partial charge in [-0.1, -0.05) is 0 Å². The van der Waals surface area contributed by atoms with Crippen LogP contribution in [0.3, 0.4) is 0 Å². The Hall–Kier alpha value is -0.760. The van der Waals surface area contributed by atoms with Gasteiger partial charge in [0.2, 0.25) is 0 Å². The highest BCUT2D eigenvalue weighted by molar-refractivity contribution is 6.67. The summed E-state index contributed by atoms with van der Waals surface area (Å²) in [6.45, 7) is 0. The van der Waals surface area contributed by atoms with Crippen LogP contribution in [0.25, 0.3) is 0 Å². The SMILES string of the molecule is Cn1ccc(C(=O)Cl)c1. The van der Waals surface area contributed by atoms with Gasteiger partial charge in [0.15, 0.2) is 0 Å². The number of rotatable bonds is 1. The van der Waals surface area contributed by atoms with Gasteiger partial charge in [0.1, 0.15) is 0 Å². The van der Waals surface area contributed by atoms with E-state index in [1.54, 1.807) is 23.0 Å². The molecule has 0 unspecified atom stereocenters. The first-order valence-electron chi connectivity index (χ1n) is 2.52. The average molecular weight is 144 g/mol. The normalized spacial score (nSPS) is 9.56. The van der Waals surface area contributed by atoms with Crippen LogP contribution in [0.4, 0.5) is 0 Å². The van der Waals surface area contributed by atoms with E-state index in [0.29, 0.717) is 5.56 Å². The van der Waals surface area contributed by atoms with E-state index in [-0.39, 0.29) is 0 Å². The van der Waals surface area contributed by atoms with Crippen molar-refractivity contribution in [2.24, 2.45) is 7.05 Å². The van der Waals surface area contributed by atoms with Crippen molar-refractivity contribution in [3.8, 4) is 0 Å². The van der Waals surface area contributed by atoms with Gasteiger partial charge in [0, 0.05) is 19.4 Å². The van der Waals surface area contributed by atoms with E-state index in [2.05, 4.69) is 0 Å². The summed E-state index contributed by atoms with van der Waals surface area (Å²) in [5.74, 6) is 0. The predicted molar refractivity (Wildman–Crippen MR) is 35.6 cm³/mol. The van der Waals surface area contributed by atoms with E-state index in [4.69, 9.17) is 11.6 Å². The molecule has 1 heterocycles. The smallest absolute Gasteiger partial charge is 0.253 e. The number of hydrogen-bond acceptors (Lipinski definition) is 1. The largest absolute Gasteiger partial charge is 0.356 e. The van der Waals surface area contributed by atoms with Crippen LogP contribution < -0.4 is 0 Å². The molecule has 0 aliphatic rings. The molecule has 0 atom stereocenters. The van der Waals surface area contributed by atoms with Crippen LogP contribution in [0.15, 0.2) is 18.5 Å². The number of halogens is 1. The molecule has 0 aliphatic carbocycles. The highest BCUT2D eigenvalue weighted by Crippen LogP contribution is 2.02. The van der Waals surface area contributed by atoms with E-state index >= 15 is 0 Å². The van der Waals surface area contributed by atoms with E-state index < -0.39 is 5.24 Å². The number of carbonyl (C=O) groups excluding carboxylic acids is 1. The second-order valence-electron chi connectivity index (χ2n) is 1.84. The fourth-order valence-corrected chi connectivity index (χ4v) is 0.731. The van der Waals surface area contributed by atoms with Crippen molar-refractivity contribution in [3.05, 3.63) is 24.0 Å². The quantitative estimate of drug-likeness (QED) is 0.545. The lowest BCUT2D eigenvalue weighted by Gasteiger charge is -1.83. The van der Waals surface area contributed by atoms with Crippen LogP contribution in [0, 0.1) is 0 Å². The average Bonchev–Trinajstić information content (AvgIpc) is 2.14. The van der Waals surface area contributed by atoms with E-state index in [9.17, 15) is 4.79 Å². The van der Waals surface area contributed by atoms with Gasteiger partial charge >= 0.3 is 0 Å². The molecule has 0 aliphatic heterocycles. The van der Waals surface area contributed by atoms with E-state index in [1.165, 1.54) is 0 Å². The fourth-order valence-electron chi connectivity index (χ4n) is 0.620. The first-order valence-corrected chi connectivity index (χ1v) is 2.90. The maximum absolute atomic E-state index is 10.4. The predicted octanol–water partition coefficient (Wildman–Crippen LogP) is 1.40. The number of hydrogen-bond donors (Lipinski definition) is 0. The number of nitrogens with zero attached hydrogens (tertiary/aromatic N) is 1. The number of aromatic nitrogens is 1. The molecule has 0 spiro atoms. The molecule has 0 aromatic carbocycles. The summed E-state index contributed by atoms with van der Waals surface area (Å²) < 4.78 is 1.77. The third-order valence-electron chi connectivity index (χ3n) is 1.06. The van der Waals surface area contributed by atoms with Crippen LogP contribution in [-0.2, 0) is 7.05 Å². The van der Waals surface area contributed by atoms with Crippen molar-refractivity contribution < 1.29 is 4.79 Å². The van der Waals surface area contributed by atoms with Crippen LogP contribution >= 0.6 is 11.6 Å². The van der Waals surface area contributed by atoms with Crippen LogP contribution in [0.2, 0.25) is 0 Å². The van der Waals surface area contributed by atoms with Crippen molar-refractivity contribution in [2.45, 2.75) is 0 Å². The van der Waals surface area contributed by atoms with Gasteiger partial charge in [-0.25, -0.2) is 0 Å². The minimum Gasteiger partial charge on any atom is -0.356 e. The third kappa shape index (κ3) is 1.33. The number of aryl methyl sites for hydroxylation is 1. The standard InChI is InChI=1S/C6H6ClNO/c1-8-3-2-5(4-8)6(7)9/h2-4H,1H3. The first-order chi connectivity index (χ1) is 4.20. The minimum atomic E-state index is -0.407. The second-order valence-corrected chi connectivity index (χ2v) is 2.18. The molecule has 1 aromatic heterocycles. The molecule has 0 radical (unpaired) electrons. The molecular weight excluding hydrogens is 138 g/mol. The van der Waals surface area contributed by atoms with Gasteiger partial charge in [-0.3, -0.25) is 4.79 Å². The van der Waals surface area contributed by atoms with Gasteiger partial charge in [-0.15, -0.1) is 0 Å². The molecule has 0 saturated carbocycles. The van der Waals surface area contributed by atoms with Crippen LogP contribution in [0.1, 0.15) is 10.4 Å². The molecule has 0 N–H and O–H groups in total. The van der Waals surface area contributed by atoms with E-state index in [0.717, 1.165) is 0 Å². The van der Waals surface area contributed by atoms with Crippen molar-refractivity contribution >= 4 is 16.8 Å². The zero-order chi connectivity index (χ0) is 6.85. The molecule has 2 nitrogen and oxygen atoms in total. The highest BCUT2D eigenvalue weighted by atomic mass is 35.5. The Labute approximate surface area is 58.0 Å². The van der Waals surface area contributed by atoms with E-state index in [1.807, 2.05) is 7.05 Å². The lowest BCUT2D eigenvalue weighted by Crippen LogP contribution is -1.84. The molecule has 0 saturated heterocycles. The second kappa shape index (κ2) is 2.23. The summed E-state index contributed by atoms with van der Waals surface area (Å²) in [4.78, 5) is 10.4. The molecule has 1 rings (SSSR count). The summed E-state index contributed by atoms with van der Waals surface area (Å²) in [5, 5.41) is -0.407. The molecule has 0 fully saturated rings. The van der Waals surface area contributed by atoms with Crippen molar-refractivity contribution in [2.75, 3.05) is 0 Å². The Bertz CT molecular complexity index is 229. The summed E-state index contributed by atoms with van der Waals surface area (Å²) in [7, 11) is 1.84. The monoisotopic (exact) mass is 143 g/mol. The molecule has 3 heteroatoms. The van der Waals surface area contributed by atoms with Gasteiger partial charge < -0.3 is 4.57 Å². The molecule has 0 amide bonds. The van der Waals surface area contributed by atoms with Crippen LogP contribution in [-0.4, -0.2) is 9.81 Å². The third-order valence-corrected chi connectivity index (χ3v) is 1.28. The Morgan fingerprint density at radius 1 is 1.78 bits per heavy atom. The Morgan fingerprint density at radius 3 is 2.67 bits per heavy atom. The first kappa shape index (κ1) is 6.36. The van der Waals surface area contributed by atoms with Gasteiger partial charge in [-0.05, 0) is 17.7 Å². The Kier molecular flexibility index (Phi) is 1.58. The van der Waals surface area contributed by atoms with Crippen molar-refractivity contribution in [1.82, 2.24) is 4.57 Å². The zero-order valence-electron chi connectivity index (χ0n) is 4.97. The summed E-state index contributed by atoms with van der Waals surface area (Å²) in [6.07, 6.45) is 3.45. The lowest BCUT2D eigenvalue weighted by molar-refractivity contribution is 0.108. The maximum Gasteiger partial charge on any atom is 0.253 e. The van der Waals surface area contributed by atoms with Crippen molar-refractivity contribution in [1.29, 1.82) is 0 Å². The molecule has 48 valence electrons. The Balaban J connectivity index is 2.98. The van der Waals surface area contributed by atoms with Crippen molar-refractivity contribution in [3.63, 3.8) is 0 Å². The Morgan fingerprint density at radius 2 is 2.44 bits per heavy atom. The highest BCUT2D eigenvalue weighted by Gasteiger charge is 1.99. The summed E-state index contributed by atoms with van der Waals surface area (Å²) in [6, 6.07) is 1.68. The number of carbonyl (C=O) groups is 1. The lowest BCUT2D eigenvalue weighted by atomic mass is 10.4. The van der Waals surface area contributed by atoms with Gasteiger partial charge in [-0.2, -0.15) is 0 Å². The summed E-state index contributed by atoms with van der Waals surface area (Å²) >= 11 is 5.16. The summed E-state index contributed by atoms with van der Waals surface area (Å²) in [5.41, 5.74) is 0.541. The maximum atomic E-state index is 10.4. The minimum absolute atomic E-state index is 0.407. The molecule has 1 aromatic rings. The fraction of sp³-hybridized carbons (Fsp3) is 0.167. The zero-order valence-corrected chi connectivity index (χ0v) is 5.72. The molecular formula is C6H6ClNO. The molecule has 0 bridgehead atoms. The van der Waals surface area contributed by atoms with Gasteiger partial charge in [0.25, 0.3) is 5.24 Å². The topological polar surface area (TPSA) is 22.0 Å².